The van der Waals surface area contributed by atoms with Gasteiger partial charge in [0.25, 0.3) is 5.91 Å². The zero-order valence-electron chi connectivity index (χ0n) is 39.0. The molecular formula is C51H62N6O8S. The Balaban J connectivity index is 1.04. The number of benzene rings is 4. The van der Waals surface area contributed by atoms with Crippen molar-refractivity contribution in [3.8, 4) is 22.1 Å². The molecule has 6 rings (SSSR count). The highest BCUT2D eigenvalue weighted by Gasteiger charge is 2.41. The smallest absolute Gasteiger partial charge is 0.329 e. The monoisotopic (exact) mass is 918 g/mol. The number of ketones is 1. The normalized spacial score (nSPS) is 14.2. The Labute approximate surface area is 391 Å². The minimum Gasteiger partial charge on any atom is -0.493 e. The van der Waals surface area contributed by atoms with E-state index in [4.69, 9.17) is 19.2 Å². The molecule has 0 spiro atoms. The highest BCUT2D eigenvalue weighted by Crippen LogP contribution is 2.34. The first-order valence-corrected chi connectivity index (χ1v) is 23.4. The first-order valence-electron chi connectivity index (χ1n) is 22.5. The maximum atomic E-state index is 14.0. The zero-order valence-corrected chi connectivity index (χ0v) is 39.8. The van der Waals surface area contributed by atoms with E-state index in [1.165, 1.54) is 4.90 Å². The summed E-state index contributed by atoms with van der Waals surface area (Å²) in [7, 11) is 7.16. The van der Waals surface area contributed by atoms with Gasteiger partial charge in [-0.15, -0.1) is 11.3 Å². The number of Topliss-reactive ketones (excluding diaryl/α,β-unsaturated/α-hetero) is 1. The van der Waals surface area contributed by atoms with E-state index in [1.54, 1.807) is 57.6 Å². The highest BCUT2D eigenvalue weighted by atomic mass is 32.1. The molecule has 0 aliphatic carbocycles. The fraction of sp³-hybridized carbons (Fsp3) is 0.412. The SMILES string of the molecule is CCC(C)(C)C(=O)C(=O)N1CCCCC1C(=O)OC(CCc1ccc(OC)c(OC)c1)c1cccc(NC(=O)CCC(=O)NCCNc2ccc3sc(-c4ccc(N(C)C)cc4)nc3c2)c1. The lowest BCUT2D eigenvalue weighted by atomic mass is 9.84. The Morgan fingerprint density at radius 2 is 1.62 bits per heavy atom. The third-order valence-electron chi connectivity index (χ3n) is 12.0. The molecule has 1 aromatic heterocycles. The second-order valence-electron chi connectivity index (χ2n) is 17.3. The number of likely N-dealkylation sites (tertiary alicyclic amines) is 1. The minimum absolute atomic E-state index is 0.00524. The van der Waals surface area contributed by atoms with Gasteiger partial charge in [0.05, 0.1) is 24.4 Å². The van der Waals surface area contributed by atoms with Gasteiger partial charge in [-0.25, -0.2) is 9.78 Å². The summed E-state index contributed by atoms with van der Waals surface area (Å²) in [6.07, 6.45) is 2.30. The highest BCUT2D eigenvalue weighted by molar-refractivity contribution is 7.21. The number of ether oxygens (including phenoxy) is 3. The number of aryl methyl sites for hydroxylation is 1. The molecule has 3 N–H and O–H groups in total. The molecule has 66 heavy (non-hydrogen) atoms. The third-order valence-corrected chi connectivity index (χ3v) is 13.1. The molecule has 2 atom stereocenters. The number of nitrogens with one attached hydrogen (secondary N) is 3. The number of anilines is 3. The topological polar surface area (TPSA) is 168 Å². The lowest BCUT2D eigenvalue weighted by Crippen LogP contribution is -2.53. The summed E-state index contributed by atoms with van der Waals surface area (Å²) in [5.41, 5.74) is 5.15. The van der Waals surface area contributed by atoms with Crippen molar-refractivity contribution >= 4 is 68.1 Å². The van der Waals surface area contributed by atoms with Gasteiger partial charge in [0.1, 0.15) is 17.2 Å². The van der Waals surface area contributed by atoms with E-state index in [9.17, 15) is 24.0 Å². The number of nitrogens with zero attached hydrogens (tertiary/aromatic N) is 3. The van der Waals surface area contributed by atoms with Crippen molar-refractivity contribution < 1.29 is 38.2 Å². The number of hydrogen-bond donors (Lipinski definition) is 3. The van der Waals surface area contributed by atoms with Gasteiger partial charge in [-0.1, -0.05) is 39.0 Å². The number of piperidine rings is 1. The number of carbonyl (C=O) groups excluding carboxylic acids is 5. The van der Waals surface area contributed by atoms with E-state index in [2.05, 4.69) is 45.1 Å². The predicted octanol–water partition coefficient (Wildman–Crippen LogP) is 8.60. The van der Waals surface area contributed by atoms with Crippen molar-refractivity contribution in [3.05, 3.63) is 96.1 Å². The Morgan fingerprint density at radius 1 is 0.864 bits per heavy atom. The van der Waals surface area contributed by atoms with E-state index in [0.29, 0.717) is 74.4 Å². The Bertz CT molecular complexity index is 2500. The van der Waals surface area contributed by atoms with Crippen LogP contribution in [0, 0.1) is 5.41 Å². The van der Waals surface area contributed by atoms with Crippen LogP contribution < -0.4 is 30.3 Å². The van der Waals surface area contributed by atoms with Gasteiger partial charge in [-0.3, -0.25) is 19.2 Å². The van der Waals surface area contributed by atoms with Crippen molar-refractivity contribution in [3.63, 3.8) is 0 Å². The molecule has 2 unspecified atom stereocenters. The first kappa shape index (κ1) is 49.0. The van der Waals surface area contributed by atoms with Crippen LogP contribution in [0.5, 0.6) is 11.5 Å². The summed E-state index contributed by atoms with van der Waals surface area (Å²) < 4.78 is 18.3. The summed E-state index contributed by atoms with van der Waals surface area (Å²) in [6, 6.07) is 26.1. The molecule has 0 bridgehead atoms. The maximum absolute atomic E-state index is 14.0. The van der Waals surface area contributed by atoms with Crippen LogP contribution in [0.4, 0.5) is 17.1 Å². The molecule has 2 heterocycles. The summed E-state index contributed by atoms with van der Waals surface area (Å²) >= 11 is 1.64. The van der Waals surface area contributed by atoms with E-state index in [-0.39, 0.29) is 31.2 Å². The van der Waals surface area contributed by atoms with Crippen LogP contribution in [0.2, 0.25) is 0 Å². The number of fused-ring (bicyclic) bond motifs is 1. The summed E-state index contributed by atoms with van der Waals surface area (Å²) in [4.78, 5) is 75.0. The average Bonchev–Trinajstić information content (AvgIpc) is 3.76. The van der Waals surface area contributed by atoms with Gasteiger partial charge in [-0.05, 0) is 116 Å². The van der Waals surface area contributed by atoms with Gasteiger partial charge in [0, 0.05) is 74.6 Å². The molecule has 3 amide bonds. The van der Waals surface area contributed by atoms with E-state index < -0.39 is 35.2 Å². The quantitative estimate of drug-likeness (QED) is 0.0366. The number of hydrogen-bond acceptors (Lipinski definition) is 12. The maximum Gasteiger partial charge on any atom is 0.329 e. The number of carbonyl (C=O) groups is 5. The molecule has 5 aromatic rings. The lowest BCUT2D eigenvalue weighted by molar-refractivity contribution is -0.164. The fourth-order valence-corrected chi connectivity index (χ4v) is 8.63. The molecule has 15 heteroatoms. The van der Waals surface area contributed by atoms with Crippen LogP contribution in [0.25, 0.3) is 20.8 Å². The number of amides is 3. The zero-order chi connectivity index (χ0) is 47.4. The van der Waals surface area contributed by atoms with Crippen molar-refractivity contribution in [2.75, 3.05) is 63.5 Å². The molecular weight excluding hydrogens is 857 g/mol. The van der Waals surface area contributed by atoms with Crippen molar-refractivity contribution in [1.82, 2.24) is 15.2 Å². The van der Waals surface area contributed by atoms with E-state index in [0.717, 1.165) is 37.7 Å². The Kier molecular flexibility index (Phi) is 16.8. The van der Waals surface area contributed by atoms with Crippen LogP contribution in [0.1, 0.15) is 82.9 Å². The largest absolute Gasteiger partial charge is 0.493 e. The predicted molar refractivity (Wildman–Crippen MR) is 260 cm³/mol. The van der Waals surface area contributed by atoms with Gasteiger partial charge >= 0.3 is 5.97 Å². The molecule has 1 saturated heterocycles. The average molecular weight is 919 g/mol. The second kappa shape index (κ2) is 22.6. The van der Waals surface area contributed by atoms with Gasteiger partial charge < -0.3 is 40.0 Å². The standard InChI is InChI=1S/C51H62N6O8S/c1-8-51(2,3)47(60)49(61)57-29-10-9-14-40(57)50(62)65-41(22-15-33-16-23-42(63-6)43(30-33)64-7)35-12-11-13-37(31-35)54-46(59)26-25-45(58)53-28-27-52-36-19-24-44-39(32-36)55-48(66-44)34-17-20-38(21-18-34)56(4)5/h11-13,16-21,23-24,30-32,40-41,52H,8-10,14-15,22,25-29H2,1-7H3,(H,53,58)(H,54,59). The number of thiazole rings is 1. The van der Waals surface area contributed by atoms with Crippen LogP contribution >= 0.6 is 11.3 Å². The van der Waals surface area contributed by atoms with Crippen LogP contribution in [0.3, 0.4) is 0 Å². The van der Waals surface area contributed by atoms with Gasteiger partial charge in [0.2, 0.25) is 17.6 Å². The number of rotatable bonds is 21. The number of esters is 1. The molecule has 1 fully saturated rings. The lowest BCUT2D eigenvalue weighted by Gasteiger charge is -2.36. The summed E-state index contributed by atoms with van der Waals surface area (Å²) in [5, 5.41) is 10.1. The van der Waals surface area contributed by atoms with Crippen molar-refractivity contribution in [2.24, 2.45) is 5.41 Å². The van der Waals surface area contributed by atoms with E-state index in [1.807, 2.05) is 63.5 Å². The molecule has 14 nitrogen and oxygen atoms in total. The minimum atomic E-state index is -0.907. The van der Waals surface area contributed by atoms with Gasteiger partial charge in [0.15, 0.2) is 11.5 Å². The van der Waals surface area contributed by atoms with Crippen LogP contribution in [-0.2, 0) is 35.1 Å². The van der Waals surface area contributed by atoms with E-state index >= 15 is 0 Å². The molecule has 0 radical (unpaired) electrons. The van der Waals surface area contributed by atoms with Crippen molar-refractivity contribution in [2.45, 2.75) is 84.3 Å². The molecule has 350 valence electrons. The fourth-order valence-electron chi connectivity index (χ4n) is 7.67. The Morgan fingerprint density at radius 3 is 2.35 bits per heavy atom. The van der Waals surface area contributed by atoms with Crippen LogP contribution in [-0.4, -0.2) is 93.3 Å². The Hall–Kier alpha value is -6.48. The van der Waals surface area contributed by atoms with Gasteiger partial charge in [-0.2, -0.15) is 0 Å². The van der Waals surface area contributed by atoms with Crippen molar-refractivity contribution in [1.29, 1.82) is 0 Å². The summed E-state index contributed by atoms with van der Waals surface area (Å²) in [6.45, 7) is 6.48. The van der Waals surface area contributed by atoms with Crippen LogP contribution in [0.15, 0.2) is 84.9 Å². The molecule has 4 aromatic carbocycles. The first-order chi connectivity index (χ1) is 31.7. The molecule has 1 aliphatic heterocycles. The third kappa shape index (κ3) is 12.7. The number of methoxy groups -OCH3 is 2. The number of aromatic nitrogens is 1. The second-order valence-corrected chi connectivity index (χ2v) is 18.4. The molecule has 1 aliphatic rings. The summed E-state index contributed by atoms with van der Waals surface area (Å²) in [5.74, 6) is -1.22. The molecule has 0 saturated carbocycles.